The molecule has 1 N–H and O–H groups in total. The summed E-state index contributed by atoms with van der Waals surface area (Å²) >= 11 is 6.22. The molecule has 0 aliphatic carbocycles. The maximum atomic E-state index is 13.3. The van der Waals surface area contributed by atoms with Gasteiger partial charge in [-0.3, -0.25) is 9.88 Å². The van der Waals surface area contributed by atoms with E-state index in [9.17, 15) is 8.42 Å². The van der Waals surface area contributed by atoms with Crippen LogP contribution in [0, 0.1) is 0 Å². The molecule has 2 aliphatic heterocycles. The summed E-state index contributed by atoms with van der Waals surface area (Å²) in [6, 6.07) is 15.3. The van der Waals surface area contributed by atoms with E-state index in [0.29, 0.717) is 6.54 Å². The Morgan fingerprint density at radius 3 is 2.80 bits per heavy atom. The zero-order valence-electron chi connectivity index (χ0n) is 19.3. The van der Waals surface area contributed by atoms with Crippen molar-refractivity contribution in [1.82, 2.24) is 19.2 Å². The normalized spacial score (nSPS) is 19.7. The van der Waals surface area contributed by atoms with Gasteiger partial charge in [0.1, 0.15) is 4.90 Å². The molecule has 35 heavy (non-hydrogen) atoms. The molecule has 6 rings (SSSR count). The van der Waals surface area contributed by atoms with Gasteiger partial charge in [-0.2, -0.15) is 4.31 Å². The zero-order valence-corrected chi connectivity index (χ0v) is 20.9. The maximum absolute atomic E-state index is 13.3. The van der Waals surface area contributed by atoms with E-state index in [1.165, 1.54) is 17.3 Å². The number of nitrogens with one attached hydrogen (secondary N) is 1. The average molecular weight is 507 g/mol. The monoisotopic (exact) mass is 506 g/mol. The molecule has 2 aromatic heterocycles. The van der Waals surface area contributed by atoms with Crippen LogP contribution in [0.4, 0.5) is 0 Å². The highest BCUT2D eigenvalue weighted by Gasteiger charge is 2.38. The Balaban J connectivity index is 1.10. The predicted octanol–water partition coefficient (Wildman–Crippen LogP) is 5.31. The molecular formula is C27H27ClN4O2S. The highest BCUT2D eigenvalue weighted by Crippen LogP contribution is 2.32. The Morgan fingerprint density at radius 2 is 2.00 bits per heavy atom. The fraction of sp³-hybridized carbons (Fsp3) is 0.296. The molecule has 180 valence electrons. The van der Waals surface area contributed by atoms with E-state index in [4.69, 9.17) is 11.6 Å². The third kappa shape index (κ3) is 4.27. The fourth-order valence-corrected chi connectivity index (χ4v) is 7.05. The van der Waals surface area contributed by atoms with E-state index < -0.39 is 10.0 Å². The second-order valence-corrected chi connectivity index (χ2v) is 11.7. The van der Waals surface area contributed by atoms with E-state index in [1.54, 1.807) is 10.4 Å². The lowest BCUT2D eigenvalue weighted by molar-refractivity contribution is 0.164. The minimum Gasteiger partial charge on any atom is -0.361 e. The van der Waals surface area contributed by atoms with Gasteiger partial charge in [-0.25, -0.2) is 8.42 Å². The second kappa shape index (κ2) is 9.06. The molecule has 0 bridgehead atoms. The van der Waals surface area contributed by atoms with E-state index in [2.05, 4.69) is 27.1 Å². The molecule has 0 saturated carbocycles. The molecule has 1 saturated heterocycles. The molecule has 0 radical (unpaired) electrons. The van der Waals surface area contributed by atoms with Gasteiger partial charge < -0.3 is 4.98 Å². The van der Waals surface area contributed by atoms with Crippen LogP contribution in [0.25, 0.3) is 27.4 Å². The quantitative estimate of drug-likeness (QED) is 0.384. The van der Waals surface area contributed by atoms with Crippen molar-refractivity contribution >= 4 is 49.0 Å². The number of nitrogens with zero attached hydrogens (tertiary/aromatic N) is 3. The fourth-order valence-electron chi connectivity index (χ4n) is 5.20. The number of halogens is 1. The van der Waals surface area contributed by atoms with Gasteiger partial charge in [0.15, 0.2) is 0 Å². The number of hydrogen-bond donors (Lipinski definition) is 1. The second-order valence-electron chi connectivity index (χ2n) is 9.38. The maximum Gasteiger partial charge on any atom is 0.244 e. The average Bonchev–Trinajstić information content (AvgIpc) is 3.26. The lowest BCUT2D eigenvalue weighted by Gasteiger charge is -2.40. The van der Waals surface area contributed by atoms with E-state index in [1.807, 2.05) is 42.5 Å². The molecule has 0 unspecified atom stereocenters. The van der Waals surface area contributed by atoms with Crippen molar-refractivity contribution in [2.75, 3.05) is 26.2 Å². The lowest BCUT2D eigenvalue weighted by atomic mass is 9.98. The number of fused-ring (bicyclic) bond motifs is 2. The van der Waals surface area contributed by atoms with E-state index >= 15 is 0 Å². The summed E-state index contributed by atoms with van der Waals surface area (Å²) in [6.45, 7) is 3.30. The summed E-state index contributed by atoms with van der Waals surface area (Å²) in [5, 5.41) is 2.76. The predicted molar refractivity (Wildman–Crippen MR) is 141 cm³/mol. The molecule has 0 spiro atoms. The Hall–Kier alpha value is -2.71. The van der Waals surface area contributed by atoms with Crippen molar-refractivity contribution < 1.29 is 8.42 Å². The third-order valence-electron chi connectivity index (χ3n) is 7.32. The van der Waals surface area contributed by atoms with Gasteiger partial charge in [-0.15, -0.1) is 0 Å². The number of benzene rings is 2. The number of aromatic nitrogens is 2. The van der Waals surface area contributed by atoms with Gasteiger partial charge >= 0.3 is 0 Å². The van der Waals surface area contributed by atoms with Crippen LogP contribution in [0.3, 0.4) is 0 Å². The first-order valence-corrected chi connectivity index (χ1v) is 13.9. The van der Waals surface area contributed by atoms with Gasteiger partial charge in [0.2, 0.25) is 10.0 Å². The van der Waals surface area contributed by atoms with Crippen LogP contribution in [0.2, 0.25) is 5.02 Å². The summed E-state index contributed by atoms with van der Waals surface area (Å²) in [5.74, 6) is 0. The molecule has 0 amide bonds. The van der Waals surface area contributed by atoms with Gasteiger partial charge in [-0.05, 0) is 55.2 Å². The summed E-state index contributed by atoms with van der Waals surface area (Å²) < 4.78 is 28.2. The molecule has 1 fully saturated rings. The molecule has 8 heteroatoms. The molecular weight excluding hydrogens is 480 g/mol. The van der Waals surface area contributed by atoms with Crippen LogP contribution in [0.5, 0.6) is 0 Å². The van der Waals surface area contributed by atoms with Crippen molar-refractivity contribution in [2.45, 2.75) is 30.2 Å². The zero-order chi connectivity index (χ0) is 24.0. The molecule has 2 aliphatic rings. The van der Waals surface area contributed by atoms with Crippen LogP contribution < -0.4 is 0 Å². The van der Waals surface area contributed by atoms with Gasteiger partial charge in [-0.1, -0.05) is 35.9 Å². The van der Waals surface area contributed by atoms with E-state index in [-0.39, 0.29) is 10.9 Å². The number of hydrogen-bond acceptors (Lipinski definition) is 4. The van der Waals surface area contributed by atoms with Crippen molar-refractivity contribution in [3.8, 4) is 0 Å². The van der Waals surface area contributed by atoms with Gasteiger partial charge in [0.25, 0.3) is 0 Å². The SMILES string of the molecule is O=S(=O)(c1cnc2ccccc2c1)N1CC[C@@H]1CCN1CC=C(c2c[nH]c3ccc(Cl)cc23)CC1. The Bertz CT molecular complexity index is 1550. The van der Waals surface area contributed by atoms with Gasteiger partial charge in [0.05, 0.1) is 5.52 Å². The van der Waals surface area contributed by atoms with Crippen molar-refractivity contribution in [1.29, 1.82) is 0 Å². The highest BCUT2D eigenvalue weighted by atomic mass is 35.5. The number of H-pyrrole nitrogens is 1. The van der Waals surface area contributed by atoms with Crippen LogP contribution in [0.1, 0.15) is 24.8 Å². The molecule has 6 nitrogen and oxygen atoms in total. The number of aromatic amines is 1. The Labute approximate surface area is 210 Å². The van der Waals surface area contributed by atoms with Crippen LogP contribution >= 0.6 is 11.6 Å². The van der Waals surface area contributed by atoms with Crippen molar-refractivity contribution in [2.24, 2.45) is 0 Å². The molecule has 1 atom stereocenters. The summed E-state index contributed by atoms with van der Waals surface area (Å²) in [5.41, 5.74) is 4.47. The Kier molecular flexibility index (Phi) is 5.89. The van der Waals surface area contributed by atoms with E-state index in [0.717, 1.165) is 65.7 Å². The first kappa shape index (κ1) is 22.7. The van der Waals surface area contributed by atoms with Crippen LogP contribution in [-0.4, -0.2) is 59.8 Å². The number of sulfonamides is 1. The lowest BCUT2D eigenvalue weighted by Crippen LogP contribution is -2.52. The first-order chi connectivity index (χ1) is 17.0. The standard InChI is InChI=1S/C27H27ClN4O2S/c28-21-5-6-27-24(16-21)25(18-30-27)19-7-11-31(12-8-19)13-9-22-10-14-32(22)35(33,34)23-15-20-3-1-2-4-26(20)29-17-23/h1-7,15-18,22,30H,8-14H2/t22-/m0/s1. The third-order valence-corrected chi connectivity index (χ3v) is 9.48. The smallest absolute Gasteiger partial charge is 0.244 e. The first-order valence-electron chi connectivity index (χ1n) is 12.0. The summed E-state index contributed by atoms with van der Waals surface area (Å²) in [4.78, 5) is 10.4. The number of para-hydroxylation sites is 1. The molecule has 2 aromatic carbocycles. The Morgan fingerprint density at radius 1 is 1.11 bits per heavy atom. The minimum atomic E-state index is -3.53. The minimum absolute atomic E-state index is 0.0487. The topological polar surface area (TPSA) is 69.3 Å². The largest absolute Gasteiger partial charge is 0.361 e. The number of rotatable bonds is 6. The van der Waals surface area contributed by atoms with Crippen molar-refractivity contribution in [3.05, 3.63) is 77.6 Å². The molecule has 4 aromatic rings. The van der Waals surface area contributed by atoms with Crippen LogP contribution in [0.15, 0.2) is 71.9 Å². The summed E-state index contributed by atoms with van der Waals surface area (Å²) in [6.07, 6.45) is 8.57. The van der Waals surface area contributed by atoms with Gasteiger partial charge in [0, 0.05) is 71.5 Å². The molecule has 4 heterocycles. The number of pyridine rings is 1. The highest BCUT2D eigenvalue weighted by molar-refractivity contribution is 7.89. The summed E-state index contributed by atoms with van der Waals surface area (Å²) in [7, 11) is -3.53. The van der Waals surface area contributed by atoms with Crippen molar-refractivity contribution in [3.63, 3.8) is 0 Å². The van der Waals surface area contributed by atoms with Crippen LogP contribution in [-0.2, 0) is 10.0 Å².